The van der Waals surface area contributed by atoms with Gasteiger partial charge in [-0.05, 0) is 45.4 Å². The standard InChI is InChI=1S/C26H45NO7/c1-4-5-8-11-19(29)14-15-21-20(23(30)16-24(21)31)12-9-6-7-10-13-25(32)27-22(17-28)26(33)34-18(2)3/h6,9,14-15,18-24,28-31H,4-5,7-8,10-13,16-17H2,1-3H3,(H,27,32)/b9-6-,15-14+/t19-,20+,21+,22+,23-,24+/m0/s1. The summed E-state index contributed by atoms with van der Waals surface area (Å²) in [6, 6.07) is -1.06. The summed E-state index contributed by atoms with van der Waals surface area (Å²) in [4.78, 5) is 23.8. The lowest BCUT2D eigenvalue weighted by Crippen LogP contribution is -2.44. The third kappa shape index (κ3) is 11.6. The number of nitrogens with one attached hydrogen (secondary N) is 1. The summed E-state index contributed by atoms with van der Waals surface area (Å²) in [6.45, 7) is 4.99. The van der Waals surface area contributed by atoms with Gasteiger partial charge in [0.2, 0.25) is 5.91 Å². The second-order valence-corrected chi connectivity index (χ2v) is 9.45. The van der Waals surface area contributed by atoms with Crippen molar-refractivity contribution in [2.75, 3.05) is 6.61 Å². The molecule has 1 aliphatic carbocycles. The third-order valence-corrected chi connectivity index (χ3v) is 6.08. The minimum Gasteiger partial charge on any atom is -0.461 e. The van der Waals surface area contributed by atoms with E-state index in [2.05, 4.69) is 12.2 Å². The monoisotopic (exact) mass is 483 g/mol. The van der Waals surface area contributed by atoms with Crippen LogP contribution in [-0.2, 0) is 14.3 Å². The molecule has 8 heteroatoms. The van der Waals surface area contributed by atoms with Crippen molar-refractivity contribution in [3.63, 3.8) is 0 Å². The second-order valence-electron chi connectivity index (χ2n) is 9.45. The molecule has 0 aromatic rings. The van der Waals surface area contributed by atoms with Crippen molar-refractivity contribution in [1.82, 2.24) is 5.32 Å². The van der Waals surface area contributed by atoms with E-state index < -0.39 is 36.9 Å². The van der Waals surface area contributed by atoms with Crippen molar-refractivity contribution in [2.45, 2.75) is 109 Å². The predicted molar refractivity (Wildman–Crippen MR) is 131 cm³/mol. The van der Waals surface area contributed by atoms with E-state index in [1.165, 1.54) is 0 Å². The molecule has 0 heterocycles. The molecule has 5 N–H and O–H groups in total. The van der Waals surface area contributed by atoms with E-state index >= 15 is 0 Å². The number of carbonyl (C=O) groups is 2. The zero-order valence-corrected chi connectivity index (χ0v) is 20.9. The van der Waals surface area contributed by atoms with Crippen LogP contribution >= 0.6 is 0 Å². The molecule has 1 aliphatic rings. The molecule has 0 aliphatic heterocycles. The van der Waals surface area contributed by atoms with Crippen LogP contribution in [0.5, 0.6) is 0 Å². The van der Waals surface area contributed by atoms with Gasteiger partial charge in [-0.2, -0.15) is 0 Å². The van der Waals surface area contributed by atoms with Crippen molar-refractivity contribution in [1.29, 1.82) is 0 Å². The van der Waals surface area contributed by atoms with Gasteiger partial charge in [0.15, 0.2) is 6.04 Å². The number of unbranched alkanes of at least 4 members (excludes halogenated alkanes) is 3. The van der Waals surface area contributed by atoms with Crippen LogP contribution in [0.3, 0.4) is 0 Å². The number of aliphatic hydroxyl groups is 4. The van der Waals surface area contributed by atoms with E-state index in [1.54, 1.807) is 19.9 Å². The fourth-order valence-electron chi connectivity index (χ4n) is 4.17. The molecule has 0 aromatic heterocycles. The van der Waals surface area contributed by atoms with Gasteiger partial charge in [-0.15, -0.1) is 0 Å². The molecule has 34 heavy (non-hydrogen) atoms. The minimum absolute atomic E-state index is 0.120. The first-order valence-corrected chi connectivity index (χ1v) is 12.7. The average molecular weight is 484 g/mol. The number of carbonyl (C=O) groups excluding carboxylic acids is 2. The molecule has 6 atom stereocenters. The van der Waals surface area contributed by atoms with Gasteiger partial charge >= 0.3 is 5.97 Å². The molecule has 0 radical (unpaired) electrons. The van der Waals surface area contributed by atoms with Crippen molar-refractivity contribution >= 4 is 11.9 Å². The van der Waals surface area contributed by atoms with Crippen molar-refractivity contribution in [3.8, 4) is 0 Å². The Labute approximate surface area is 204 Å². The molecule has 0 saturated heterocycles. The molecular weight excluding hydrogens is 438 g/mol. The van der Waals surface area contributed by atoms with E-state index in [0.717, 1.165) is 19.3 Å². The summed E-state index contributed by atoms with van der Waals surface area (Å²) in [5.41, 5.74) is 0. The summed E-state index contributed by atoms with van der Waals surface area (Å²) >= 11 is 0. The van der Waals surface area contributed by atoms with E-state index in [0.29, 0.717) is 32.1 Å². The lowest BCUT2D eigenvalue weighted by atomic mass is 9.89. The van der Waals surface area contributed by atoms with E-state index in [4.69, 9.17) is 4.74 Å². The van der Waals surface area contributed by atoms with Crippen LogP contribution in [0, 0.1) is 11.8 Å². The summed E-state index contributed by atoms with van der Waals surface area (Å²) in [6.07, 6.45) is 11.6. The quantitative estimate of drug-likeness (QED) is 0.129. The highest BCUT2D eigenvalue weighted by atomic mass is 16.5. The Bertz CT molecular complexity index is 649. The highest BCUT2D eigenvalue weighted by molar-refractivity contribution is 5.84. The maximum atomic E-state index is 12.0. The lowest BCUT2D eigenvalue weighted by molar-refractivity contribution is -0.152. The van der Waals surface area contributed by atoms with Crippen LogP contribution in [0.25, 0.3) is 0 Å². The SMILES string of the molecule is CCCCC[C@H](O)/C=C/[C@@H]1[C@@H](C/C=C\CCCC(=O)N[C@H](CO)C(=O)OC(C)C)[C@@H](O)C[C@H]1O. The molecule has 0 bridgehead atoms. The van der Waals surface area contributed by atoms with Crippen molar-refractivity contribution < 1.29 is 34.8 Å². The molecule has 1 fully saturated rings. The van der Waals surface area contributed by atoms with Crippen LogP contribution in [0.15, 0.2) is 24.3 Å². The largest absolute Gasteiger partial charge is 0.461 e. The second kappa shape index (κ2) is 16.8. The van der Waals surface area contributed by atoms with Crippen LogP contribution in [0.1, 0.15) is 78.6 Å². The Kier molecular flexibility index (Phi) is 15.0. The number of esters is 1. The molecule has 0 unspecified atom stereocenters. The smallest absolute Gasteiger partial charge is 0.331 e. The van der Waals surface area contributed by atoms with Crippen LogP contribution < -0.4 is 5.32 Å². The number of hydrogen-bond acceptors (Lipinski definition) is 7. The normalized spacial score (nSPS) is 24.7. The fraction of sp³-hybridized carbons (Fsp3) is 0.769. The van der Waals surface area contributed by atoms with E-state index in [9.17, 15) is 30.0 Å². The molecule has 196 valence electrons. The summed E-state index contributed by atoms with van der Waals surface area (Å²) < 4.78 is 5.01. The van der Waals surface area contributed by atoms with Crippen molar-refractivity contribution in [3.05, 3.63) is 24.3 Å². The first-order chi connectivity index (χ1) is 16.2. The maximum Gasteiger partial charge on any atom is 0.331 e. The molecule has 1 saturated carbocycles. The van der Waals surface area contributed by atoms with Gasteiger partial charge in [0, 0.05) is 18.8 Å². The van der Waals surface area contributed by atoms with Gasteiger partial charge in [0.1, 0.15) is 0 Å². The summed E-state index contributed by atoms with van der Waals surface area (Å²) in [7, 11) is 0. The molecule has 0 aromatic carbocycles. The predicted octanol–water partition coefficient (Wildman–Crippen LogP) is 2.39. The first kappa shape index (κ1) is 30.3. The number of hydrogen-bond donors (Lipinski definition) is 5. The van der Waals surface area contributed by atoms with Gasteiger partial charge in [0.25, 0.3) is 0 Å². The summed E-state index contributed by atoms with van der Waals surface area (Å²) in [5, 5.41) is 42.6. The average Bonchev–Trinajstić information content (AvgIpc) is 3.04. The van der Waals surface area contributed by atoms with E-state index in [-0.39, 0.29) is 30.3 Å². The molecule has 8 nitrogen and oxygen atoms in total. The minimum atomic E-state index is -1.06. The van der Waals surface area contributed by atoms with Gasteiger partial charge in [0.05, 0.1) is 31.0 Å². The molecular formula is C26H45NO7. The van der Waals surface area contributed by atoms with Gasteiger partial charge in [-0.1, -0.05) is 50.5 Å². The first-order valence-electron chi connectivity index (χ1n) is 12.7. The number of allylic oxidation sites excluding steroid dienone is 2. The highest BCUT2D eigenvalue weighted by Crippen LogP contribution is 2.36. The van der Waals surface area contributed by atoms with Crippen LogP contribution in [0.2, 0.25) is 0 Å². The van der Waals surface area contributed by atoms with E-state index in [1.807, 2.05) is 18.2 Å². The lowest BCUT2D eigenvalue weighted by Gasteiger charge is -2.19. The Balaban J connectivity index is 2.41. The number of aliphatic hydroxyl groups excluding tert-OH is 4. The zero-order chi connectivity index (χ0) is 25.5. The Morgan fingerprint density at radius 1 is 1.12 bits per heavy atom. The number of amides is 1. The number of rotatable bonds is 16. The fourth-order valence-corrected chi connectivity index (χ4v) is 4.17. The highest BCUT2D eigenvalue weighted by Gasteiger charge is 2.39. The van der Waals surface area contributed by atoms with Gasteiger partial charge in [-0.25, -0.2) is 4.79 Å². The Morgan fingerprint density at radius 2 is 1.85 bits per heavy atom. The Hall–Kier alpha value is -1.74. The van der Waals surface area contributed by atoms with Gasteiger partial charge in [-0.3, -0.25) is 4.79 Å². The third-order valence-electron chi connectivity index (χ3n) is 6.08. The molecule has 0 spiro atoms. The Morgan fingerprint density at radius 3 is 2.50 bits per heavy atom. The maximum absolute atomic E-state index is 12.0. The van der Waals surface area contributed by atoms with Gasteiger partial charge < -0.3 is 30.5 Å². The number of ether oxygens (including phenoxy) is 1. The van der Waals surface area contributed by atoms with Crippen LogP contribution in [-0.4, -0.2) is 69.4 Å². The zero-order valence-electron chi connectivity index (χ0n) is 20.9. The molecule has 1 amide bonds. The summed E-state index contributed by atoms with van der Waals surface area (Å²) in [5.74, 6) is -1.30. The molecule has 1 rings (SSSR count). The topological polar surface area (TPSA) is 136 Å². The van der Waals surface area contributed by atoms with Crippen molar-refractivity contribution in [2.24, 2.45) is 11.8 Å². The van der Waals surface area contributed by atoms with Crippen LogP contribution in [0.4, 0.5) is 0 Å².